The molecule has 0 radical (unpaired) electrons. The minimum atomic E-state index is 0.333. The first-order valence-electron chi connectivity index (χ1n) is 6.30. The lowest BCUT2D eigenvalue weighted by Gasteiger charge is -2.22. The van der Waals surface area contributed by atoms with Gasteiger partial charge in [-0.25, -0.2) is 0 Å². The number of fused-ring (bicyclic) bond motifs is 1. The first kappa shape index (κ1) is 12.2. The molecule has 0 heterocycles. The van der Waals surface area contributed by atoms with Crippen molar-refractivity contribution in [3.63, 3.8) is 0 Å². The molecular weight excluding hydrogens is 260 g/mol. The molecule has 1 aliphatic carbocycles. The Morgan fingerprint density at radius 2 is 1.75 bits per heavy atom. The lowest BCUT2D eigenvalue weighted by Crippen LogP contribution is -2.14. The van der Waals surface area contributed by atoms with E-state index >= 15 is 0 Å². The standard InChI is InChI=1S/C15H21Br/c1-5-10-7-8-11(6-2)14-13(10)12(16)9-15(14,3)4/h7-8,12H,5-6,9H2,1-4H3. The number of halogens is 1. The van der Waals surface area contributed by atoms with Gasteiger partial charge in [0.25, 0.3) is 0 Å². The van der Waals surface area contributed by atoms with Crippen molar-refractivity contribution in [1.29, 1.82) is 0 Å². The highest BCUT2D eigenvalue weighted by Crippen LogP contribution is 2.51. The Morgan fingerprint density at radius 3 is 2.31 bits per heavy atom. The summed E-state index contributed by atoms with van der Waals surface area (Å²) in [5.74, 6) is 0. The molecule has 0 saturated heterocycles. The summed E-state index contributed by atoms with van der Waals surface area (Å²) >= 11 is 3.87. The van der Waals surface area contributed by atoms with E-state index in [1.54, 1.807) is 16.7 Å². The van der Waals surface area contributed by atoms with Gasteiger partial charge >= 0.3 is 0 Å². The van der Waals surface area contributed by atoms with Gasteiger partial charge in [0.05, 0.1) is 0 Å². The molecule has 1 unspecified atom stereocenters. The Kier molecular flexibility index (Phi) is 3.18. The highest BCUT2D eigenvalue weighted by molar-refractivity contribution is 9.09. The van der Waals surface area contributed by atoms with Gasteiger partial charge in [-0.1, -0.05) is 55.8 Å². The molecule has 16 heavy (non-hydrogen) atoms. The van der Waals surface area contributed by atoms with E-state index in [9.17, 15) is 0 Å². The summed E-state index contributed by atoms with van der Waals surface area (Å²) in [6.07, 6.45) is 3.52. The Balaban J connectivity index is 2.69. The summed E-state index contributed by atoms with van der Waals surface area (Å²) in [4.78, 5) is 0.555. The minimum absolute atomic E-state index is 0.333. The maximum atomic E-state index is 3.87. The lowest BCUT2D eigenvalue weighted by atomic mass is 9.82. The molecule has 0 bridgehead atoms. The van der Waals surface area contributed by atoms with Crippen LogP contribution in [0.3, 0.4) is 0 Å². The van der Waals surface area contributed by atoms with Crippen molar-refractivity contribution in [1.82, 2.24) is 0 Å². The smallest absolute Gasteiger partial charge is 0.0409 e. The van der Waals surface area contributed by atoms with Crippen molar-refractivity contribution < 1.29 is 0 Å². The monoisotopic (exact) mass is 280 g/mol. The molecule has 1 atom stereocenters. The summed E-state index contributed by atoms with van der Waals surface area (Å²) in [5, 5.41) is 0. The fourth-order valence-electron chi connectivity index (χ4n) is 3.12. The first-order valence-corrected chi connectivity index (χ1v) is 7.22. The highest BCUT2D eigenvalue weighted by Gasteiger charge is 2.38. The molecule has 0 N–H and O–H groups in total. The Morgan fingerprint density at radius 1 is 1.19 bits per heavy atom. The van der Waals surface area contributed by atoms with E-state index in [4.69, 9.17) is 0 Å². The third-order valence-electron chi connectivity index (χ3n) is 3.86. The van der Waals surface area contributed by atoms with Crippen LogP contribution in [0.5, 0.6) is 0 Å². The topological polar surface area (TPSA) is 0 Å². The maximum absolute atomic E-state index is 3.87. The molecule has 0 aliphatic heterocycles. The first-order chi connectivity index (χ1) is 7.51. The number of benzene rings is 1. The number of aryl methyl sites for hydroxylation is 2. The summed E-state index contributed by atoms with van der Waals surface area (Å²) in [5.41, 5.74) is 6.61. The second kappa shape index (κ2) is 4.18. The largest absolute Gasteiger partial charge is 0.0838 e. The van der Waals surface area contributed by atoms with Gasteiger partial charge in [-0.05, 0) is 46.9 Å². The summed E-state index contributed by atoms with van der Waals surface area (Å²) in [7, 11) is 0. The quantitative estimate of drug-likeness (QED) is 0.674. The number of alkyl halides is 1. The Hall–Kier alpha value is -0.300. The molecule has 1 aromatic rings. The molecule has 1 heteroatoms. The molecule has 0 spiro atoms. The predicted octanol–water partition coefficient (Wildman–Crippen LogP) is 4.93. The van der Waals surface area contributed by atoms with E-state index < -0.39 is 0 Å². The highest BCUT2D eigenvalue weighted by atomic mass is 79.9. The number of hydrogen-bond acceptors (Lipinski definition) is 0. The zero-order valence-corrected chi connectivity index (χ0v) is 12.3. The second-order valence-corrected chi connectivity index (χ2v) is 6.54. The van der Waals surface area contributed by atoms with Gasteiger partial charge in [-0.15, -0.1) is 0 Å². The number of hydrogen-bond donors (Lipinski definition) is 0. The fourth-order valence-corrected chi connectivity index (χ4v) is 4.45. The number of rotatable bonds is 2. The summed E-state index contributed by atoms with van der Waals surface area (Å²) in [6.45, 7) is 9.28. The Labute approximate surface area is 108 Å². The van der Waals surface area contributed by atoms with E-state index in [2.05, 4.69) is 55.8 Å². The van der Waals surface area contributed by atoms with Crippen molar-refractivity contribution >= 4 is 15.9 Å². The van der Waals surface area contributed by atoms with Crippen molar-refractivity contribution in [2.24, 2.45) is 0 Å². The fraction of sp³-hybridized carbons (Fsp3) is 0.600. The third-order valence-corrected chi connectivity index (χ3v) is 4.65. The summed E-state index contributed by atoms with van der Waals surface area (Å²) in [6, 6.07) is 4.66. The van der Waals surface area contributed by atoms with Crippen LogP contribution >= 0.6 is 15.9 Å². The van der Waals surface area contributed by atoms with Crippen molar-refractivity contribution in [2.45, 2.75) is 57.2 Å². The minimum Gasteiger partial charge on any atom is -0.0838 e. The van der Waals surface area contributed by atoms with E-state index in [0.717, 1.165) is 12.8 Å². The van der Waals surface area contributed by atoms with Gasteiger partial charge in [-0.2, -0.15) is 0 Å². The Bertz CT molecular complexity index is 404. The molecule has 0 amide bonds. The van der Waals surface area contributed by atoms with Gasteiger partial charge in [0.1, 0.15) is 0 Å². The second-order valence-electron chi connectivity index (χ2n) is 5.44. The average Bonchev–Trinajstić information content (AvgIpc) is 2.49. The zero-order valence-electron chi connectivity index (χ0n) is 10.7. The van der Waals surface area contributed by atoms with Crippen LogP contribution in [-0.4, -0.2) is 0 Å². The zero-order chi connectivity index (χ0) is 11.9. The van der Waals surface area contributed by atoms with Crippen LogP contribution in [0.1, 0.15) is 61.2 Å². The van der Waals surface area contributed by atoms with Crippen molar-refractivity contribution in [3.05, 3.63) is 34.4 Å². The molecule has 2 rings (SSSR count). The molecule has 1 aliphatic rings. The van der Waals surface area contributed by atoms with Crippen LogP contribution in [0.4, 0.5) is 0 Å². The van der Waals surface area contributed by atoms with Crippen molar-refractivity contribution in [2.75, 3.05) is 0 Å². The van der Waals surface area contributed by atoms with Crippen LogP contribution in [-0.2, 0) is 18.3 Å². The van der Waals surface area contributed by atoms with Crippen LogP contribution in [0.2, 0.25) is 0 Å². The molecule has 0 aromatic heterocycles. The molecule has 0 nitrogen and oxygen atoms in total. The van der Waals surface area contributed by atoms with Crippen molar-refractivity contribution in [3.8, 4) is 0 Å². The molecule has 0 fully saturated rings. The maximum Gasteiger partial charge on any atom is 0.0409 e. The van der Waals surface area contributed by atoms with E-state index in [1.165, 1.54) is 12.0 Å². The van der Waals surface area contributed by atoms with Crippen LogP contribution in [0.25, 0.3) is 0 Å². The lowest BCUT2D eigenvalue weighted by molar-refractivity contribution is 0.517. The van der Waals surface area contributed by atoms with Crippen LogP contribution < -0.4 is 0 Å². The van der Waals surface area contributed by atoms with Crippen LogP contribution in [0, 0.1) is 0 Å². The van der Waals surface area contributed by atoms with Gasteiger partial charge in [0, 0.05) is 4.83 Å². The van der Waals surface area contributed by atoms with E-state index in [0.29, 0.717) is 10.2 Å². The van der Waals surface area contributed by atoms with Gasteiger partial charge in [0.2, 0.25) is 0 Å². The normalized spacial score (nSPS) is 22.2. The predicted molar refractivity (Wildman–Crippen MR) is 74.5 cm³/mol. The van der Waals surface area contributed by atoms with E-state index in [1.807, 2.05) is 0 Å². The van der Waals surface area contributed by atoms with Gasteiger partial charge < -0.3 is 0 Å². The van der Waals surface area contributed by atoms with Gasteiger partial charge in [0.15, 0.2) is 0 Å². The summed E-state index contributed by atoms with van der Waals surface area (Å²) < 4.78 is 0. The third kappa shape index (κ3) is 1.73. The molecule has 1 aromatic carbocycles. The molecule has 88 valence electrons. The van der Waals surface area contributed by atoms with E-state index in [-0.39, 0.29) is 0 Å². The van der Waals surface area contributed by atoms with Gasteiger partial charge in [-0.3, -0.25) is 0 Å². The average molecular weight is 281 g/mol. The molecule has 0 saturated carbocycles. The SMILES string of the molecule is CCc1ccc(CC)c2c1C(Br)CC2(C)C. The molecular formula is C15H21Br. The van der Waals surface area contributed by atoms with Crippen LogP contribution in [0.15, 0.2) is 12.1 Å².